The van der Waals surface area contributed by atoms with Gasteiger partial charge in [0.25, 0.3) is 0 Å². The lowest BCUT2D eigenvalue weighted by Crippen LogP contribution is -2.34. The summed E-state index contributed by atoms with van der Waals surface area (Å²) in [5, 5.41) is 11.8. The van der Waals surface area contributed by atoms with E-state index >= 15 is 0 Å². The van der Waals surface area contributed by atoms with E-state index in [0.29, 0.717) is 18.3 Å². The summed E-state index contributed by atoms with van der Waals surface area (Å²) in [6.07, 6.45) is 2.90. The van der Waals surface area contributed by atoms with E-state index in [-0.39, 0.29) is 5.91 Å². The molecule has 1 saturated carbocycles. The minimum absolute atomic E-state index is 0.156. The zero-order valence-electron chi connectivity index (χ0n) is 17.6. The Balaban J connectivity index is 1.34. The fraction of sp³-hybridized carbons (Fsp3) is 0.240. The number of benzene rings is 2. The first-order valence-corrected chi connectivity index (χ1v) is 12.6. The normalized spacial score (nSPS) is 13.2. The Morgan fingerprint density at radius 1 is 1.00 bits per heavy atom. The number of hydrogen-bond donors (Lipinski definition) is 0. The highest BCUT2D eigenvalue weighted by Gasteiger charge is 2.32. The monoisotopic (exact) mass is 460 g/mol. The molecule has 1 amide bonds. The second-order valence-corrected chi connectivity index (χ2v) is 9.83. The number of thioether (sulfide) groups is 1. The fourth-order valence-corrected chi connectivity index (χ4v) is 5.27. The van der Waals surface area contributed by atoms with Crippen LogP contribution in [-0.2, 0) is 17.8 Å². The molecule has 2 aromatic carbocycles. The Kier molecular flexibility index (Phi) is 6.36. The Morgan fingerprint density at radius 2 is 1.75 bits per heavy atom. The molecule has 5 rings (SSSR count). The number of rotatable bonds is 9. The van der Waals surface area contributed by atoms with Crippen molar-refractivity contribution in [3.05, 3.63) is 94.4 Å². The lowest BCUT2D eigenvalue weighted by Gasteiger charge is -2.22. The van der Waals surface area contributed by atoms with Gasteiger partial charge >= 0.3 is 0 Å². The molecule has 0 atom stereocenters. The third kappa shape index (κ3) is 4.95. The van der Waals surface area contributed by atoms with Gasteiger partial charge in [-0.2, -0.15) is 0 Å². The number of carbonyl (C=O) groups excluding carboxylic acids is 1. The van der Waals surface area contributed by atoms with Crippen LogP contribution >= 0.6 is 23.1 Å². The second-order valence-electron chi connectivity index (χ2n) is 7.85. The van der Waals surface area contributed by atoms with Crippen molar-refractivity contribution < 1.29 is 4.79 Å². The molecule has 1 fully saturated rings. The molecule has 0 aliphatic heterocycles. The van der Waals surface area contributed by atoms with Crippen LogP contribution in [0.25, 0.3) is 5.69 Å². The molecule has 162 valence electrons. The lowest BCUT2D eigenvalue weighted by atomic mass is 10.2. The standard InChI is InChI=1S/C25H24N4OS2/c30-24(28(20-13-14-20)17-19-8-3-1-4-9-19)18-32-25-27-26-23(16-22-12-7-15-31-22)29(25)21-10-5-2-6-11-21/h1-12,15,20H,13-14,16-18H2. The van der Waals surface area contributed by atoms with E-state index in [2.05, 4.69) is 56.5 Å². The smallest absolute Gasteiger partial charge is 0.233 e. The average Bonchev–Trinajstić information content (AvgIpc) is 3.39. The summed E-state index contributed by atoms with van der Waals surface area (Å²) < 4.78 is 2.08. The summed E-state index contributed by atoms with van der Waals surface area (Å²) in [6, 6.07) is 24.9. The first-order valence-electron chi connectivity index (χ1n) is 10.8. The van der Waals surface area contributed by atoms with E-state index < -0.39 is 0 Å². The van der Waals surface area contributed by atoms with E-state index in [1.165, 1.54) is 22.2 Å². The molecule has 0 radical (unpaired) electrons. The Hall–Kier alpha value is -2.90. The molecule has 1 aliphatic carbocycles. The minimum Gasteiger partial charge on any atom is -0.335 e. The van der Waals surface area contributed by atoms with E-state index in [1.54, 1.807) is 11.3 Å². The zero-order valence-corrected chi connectivity index (χ0v) is 19.3. The third-order valence-electron chi connectivity index (χ3n) is 5.46. The fourth-order valence-electron chi connectivity index (χ4n) is 3.71. The quantitative estimate of drug-likeness (QED) is 0.322. The van der Waals surface area contributed by atoms with Crippen molar-refractivity contribution in [3.63, 3.8) is 0 Å². The van der Waals surface area contributed by atoms with Gasteiger partial charge in [-0.15, -0.1) is 21.5 Å². The molecule has 0 N–H and O–H groups in total. The molecule has 0 saturated heterocycles. The van der Waals surface area contributed by atoms with Crippen LogP contribution in [0.1, 0.15) is 29.1 Å². The van der Waals surface area contributed by atoms with Crippen molar-refractivity contribution in [2.45, 2.75) is 37.0 Å². The van der Waals surface area contributed by atoms with Gasteiger partial charge in [-0.1, -0.05) is 66.4 Å². The summed E-state index contributed by atoms with van der Waals surface area (Å²) in [5.41, 5.74) is 2.19. The topological polar surface area (TPSA) is 51.0 Å². The molecule has 0 unspecified atom stereocenters. The maximum absolute atomic E-state index is 13.2. The van der Waals surface area contributed by atoms with Gasteiger partial charge in [0, 0.05) is 29.6 Å². The van der Waals surface area contributed by atoms with Crippen molar-refractivity contribution in [2.24, 2.45) is 0 Å². The predicted molar refractivity (Wildman–Crippen MR) is 129 cm³/mol. The van der Waals surface area contributed by atoms with E-state index in [4.69, 9.17) is 0 Å². The average molecular weight is 461 g/mol. The van der Waals surface area contributed by atoms with E-state index in [1.807, 2.05) is 41.3 Å². The highest BCUT2D eigenvalue weighted by Crippen LogP contribution is 2.30. The summed E-state index contributed by atoms with van der Waals surface area (Å²) in [7, 11) is 0. The van der Waals surface area contributed by atoms with Gasteiger partial charge in [-0.3, -0.25) is 9.36 Å². The van der Waals surface area contributed by atoms with Crippen LogP contribution in [0.2, 0.25) is 0 Å². The van der Waals surface area contributed by atoms with Crippen molar-refractivity contribution in [2.75, 3.05) is 5.75 Å². The molecule has 32 heavy (non-hydrogen) atoms. The molecule has 2 aromatic heterocycles. The highest BCUT2D eigenvalue weighted by atomic mass is 32.2. The zero-order chi connectivity index (χ0) is 21.8. The van der Waals surface area contributed by atoms with Crippen LogP contribution in [0.4, 0.5) is 0 Å². The van der Waals surface area contributed by atoms with Crippen LogP contribution in [0.3, 0.4) is 0 Å². The Labute approximate surface area is 196 Å². The number of thiophene rings is 1. The van der Waals surface area contributed by atoms with Gasteiger partial charge in [0.2, 0.25) is 5.91 Å². The minimum atomic E-state index is 0.156. The maximum Gasteiger partial charge on any atom is 0.233 e. The lowest BCUT2D eigenvalue weighted by molar-refractivity contribution is -0.129. The van der Waals surface area contributed by atoms with Gasteiger partial charge in [-0.25, -0.2) is 0 Å². The number of nitrogens with zero attached hydrogens (tertiary/aromatic N) is 4. The van der Waals surface area contributed by atoms with E-state index in [0.717, 1.165) is 35.9 Å². The largest absolute Gasteiger partial charge is 0.335 e. The highest BCUT2D eigenvalue weighted by molar-refractivity contribution is 7.99. The summed E-state index contributed by atoms with van der Waals surface area (Å²) in [6.45, 7) is 0.667. The first kappa shape index (κ1) is 21.0. The van der Waals surface area contributed by atoms with Crippen molar-refractivity contribution in [1.82, 2.24) is 19.7 Å². The Bertz CT molecular complexity index is 1160. The van der Waals surface area contributed by atoms with Crippen molar-refractivity contribution in [1.29, 1.82) is 0 Å². The SMILES string of the molecule is O=C(CSc1nnc(Cc2cccs2)n1-c1ccccc1)N(Cc1ccccc1)C1CC1. The third-order valence-corrected chi connectivity index (χ3v) is 7.25. The first-order chi connectivity index (χ1) is 15.8. The van der Waals surface area contributed by atoms with Crippen LogP contribution < -0.4 is 0 Å². The molecular formula is C25H24N4OS2. The summed E-state index contributed by atoms with van der Waals surface area (Å²) in [4.78, 5) is 16.4. The van der Waals surface area contributed by atoms with Crippen LogP contribution in [-0.4, -0.2) is 37.4 Å². The molecule has 2 heterocycles. The summed E-state index contributed by atoms with van der Waals surface area (Å²) >= 11 is 3.18. The van der Waals surface area contributed by atoms with Gasteiger partial charge in [-0.05, 0) is 42.0 Å². The van der Waals surface area contributed by atoms with Crippen LogP contribution in [0.15, 0.2) is 83.3 Å². The van der Waals surface area contributed by atoms with Gasteiger partial charge in [0.1, 0.15) is 5.82 Å². The Morgan fingerprint density at radius 3 is 2.44 bits per heavy atom. The predicted octanol–water partition coefficient (Wildman–Crippen LogP) is 5.20. The van der Waals surface area contributed by atoms with Gasteiger partial charge < -0.3 is 4.90 Å². The van der Waals surface area contributed by atoms with E-state index in [9.17, 15) is 4.79 Å². The number of aromatic nitrogens is 3. The van der Waals surface area contributed by atoms with Gasteiger partial charge in [0.15, 0.2) is 5.16 Å². The molecule has 7 heteroatoms. The summed E-state index contributed by atoms with van der Waals surface area (Å²) in [5.74, 6) is 1.40. The maximum atomic E-state index is 13.2. The molecule has 5 nitrogen and oxygen atoms in total. The molecule has 4 aromatic rings. The second kappa shape index (κ2) is 9.71. The number of carbonyl (C=O) groups is 1. The molecule has 1 aliphatic rings. The van der Waals surface area contributed by atoms with Gasteiger partial charge in [0.05, 0.1) is 5.75 Å². The number of hydrogen-bond acceptors (Lipinski definition) is 5. The van der Waals surface area contributed by atoms with Crippen LogP contribution in [0, 0.1) is 0 Å². The number of amides is 1. The number of para-hydroxylation sites is 1. The molecular weight excluding hydrogens is 436 g/mol. The molecule has 0 spiro atoms. The van der Waals surface area contributed by atoms with Crippen LogP contribution in [0.5, 0.6) is 0 Å². The molecule has 0 bridgehead atoms. The van der Waals surface area contributed by atoms with Crippen molar-refractivity contribution in [3.8, 4) is 5.69 Å². The van der Waals surface area contributed by atoms with Crippen molar-refractivity contribution >= 4 is 29.0 Å².